The standard InChI is InChI=1S/C17H27NO2/c1-5-12-7-8-13(6-2)14(9-12)15(18)10-17(3,4)11-16(19)20/h7-9,15H,5-6,10-11,18H2,1-4H3,(H,19,20). The van der Waals surface area contributed by atoms with Gasteiger partial charge in [0.1, 0.15) is 0 Å². The van der Waals surface area contributed by atoms with Crippen LogP contribution in [0.25, 0.3) is 0 Å². The van der Waals surface area contributed by atoms with Gasteiger partial charge in [-0.15, -0.1) is 0 Å². The Balaban J connectivity index is 2.95. The summed E-state index contributed by atoms with van der Waals surface area (Å²) in [6.45, 7) is 8.19. The molecule has 0 amide bonds. The minimum Gasteiger partial charge on any atom is -0.481 e. The van der Waals surface area contributed by atoms with Crippen molar-refractivity contribution < 1.29 is 9.90 Å². The fourth-order valence-electron chi connectivity index (χ4n) is 2.72. The van der Waals surface area contributed by atoms with Crippen molar-refractivity contribution in [2.75, 3.05) is 0 Å². The summed E-state index contributed by atoms with van der Waals surface area (Å²) in [7, 11) is 0. The molecule has 0 fully saturated rings. The first kappa shape index (κ1) is 16.7. The Kier molecular flexibility index (Phi) is 5.75. The highest BCUT2D eigenvalue weighted by Gasteiger charge is 2.26. The molecule has 1 aromatic carbocycles. The minimum atomic E-state index is -0.764. The number of rotatable bonds is 7. The van der Waals surface area contributed by atoms with Crippen LogP contribution < -0.4 is 5.73 Å². The first-order valence-electron chi connectivity index (χ1n) is 7.38. The van der Waals surface area contributed by atoms with Crippen molar-refractivity contribution in [3.05, 3.63) is 34.9 Å². The Morgan fingerprint density at radius 3 is 2.45 bits per heavy atom. The van der Waals surface area contributed by atoms with Crippen LogP contribution in [0.5, 0.6) is 0 Å². The zero-order valence-electron chi connectivity index (χ0n) is 13.1. The van der Waals surface area contributed by atoms with Gasteiger partial charge in [0.15, 0.2) is 0 Å². The third-order valence-corrected chi connectivity index (χ3v) is 3.80. The van der Waals surface area contributed by atoms with Crippen LogP contribution in [0.1, 0.15) is 63.3 Å². The molecule has 0 heterocycles. The molecule has 0 radical (unpaired) electrons. The van der Waals surface area contributed by atoms with E-state index in [2.05, 4.69) is 32.0 Å². The van der Waals surface area contributed by atoms with Gasteiger partial charge >= 0.3 is 5.97 Å². The molecule has 0 bridgehead atoms. The van der Waals surface area contributed by atoms with E-state index in [9.17, 15) is 4.79 Å². The number of benzene rings is 1. The topological polar surface area (TPSA) is 63.3 Å². The van der Waals surface area contributed by atoms with E-state index in [0.29, 0.717) is 6.42 Å². The van der Waals surface area contributed by atoms with Crippen molar-refractivity contribution in [2.45, 2.75) is 59.4 Å². The van der Waals surface area contributed by atoms with E-state index in [4.69, 9.17) is 10.8 Å². The molecule has 0 aromatic heterocycles. The number of carbonyl (C=O) groups is 1. The number of hydrogen-bond donors (Lipinski definition) is 2. The molecular weight excluding hydrogens is 250 g/mol. The molecule has 0 aliphatic rings. The van der Waals surface area contributed by atoms with Crippen LogP contribution in [0.4, 0.5) is 0 Å². The van der Waals surface area contributed by atoms with Gasteiger partial charge in [-0.05, 0) is 41.4 Å². The van der Waals surface area contributed by atoms with Crippen molar-refractivity contribution in [1.29, 1.82) is 0 Å². The molecule has 0 saturated carbocycles. The van der Waals surface area contributed by atoms with E-state index in [1.54, 1.807) is 0 Å². The van der Waals surface area contributed by atoms with Crippen LogP contribution in [-0.2, 0) is 17.6 Å². The van der Waals surface area contributed by atoms with E-state index in [1.165, 1.54) is 16.7 Å². The zero-order valence-corrected chi connectivity index (χ0v) is 13.1. The quantitative estimate of drug-likeness (QED) is 0.798. The van der Waals surface area contributed by atoms with Crippen LogP contribution in [0.3, 0.4) is 0 Å². The SMILES string of the molecule is CCc1ccc(CC)c(C(N)CC(C)(C)CC(=O)O)c1. The molecule has 0 aliphatic heterocycles. The summed E-state index contributed by atoms with van der Waals surface area (Å²) in [4.78, 5) is 10.9. The highest BCUT2D eigenvalue weighted by atomic mass is 16.4. The summed E-state index contributed by atoms with van der Waals surface area (Å²) in [6, 6.07) is 6.38. The Bertz CT molecular complexity index is 466. The number of carboxylic acids is 1. The van der Waals surface area contributed by atoms with Crippen molar-refractivity contribution >= 4 is 5.97 Å². The fourth-order valence-corrected chi connectivity index (χ4v) is 2.72. The van der Waals surface area contributed by atoms with Crippen molar-refractivity contribution in [1.82, 2.24) is 0 Å². The van der Waals surface area contributed by atoms with Gasteiger partial charge in [0.2, 0.25) is 0 Å². The average molecular weight is 277 g/mol. The Morgan fingerprint density at radius 2 is 1.95 bits per heavy atom. The molecule has 1 aromatic rings. The normalized spacial score (nSPS) is 13.2. The molecule has 0 aliphatic carbocycles. The highest BCUT2D eigenvalue weighted by molar-refractivity contribution is 5.67. The number of hydrogen-bond acceptors (Lipinski definition) is 2. The second-order valence-corrected chi connectivity index (χ2v) is 6.29. The highest BCUT2D eigenvalue weighted by Crippen LogP contribution is 2.33. The monoisotopic (exact) mass is 277 g/mol. The maximum absolute atomic E-state index is 10.9. The zero-order chi connectivity index (χ0) is 15.3. The maximum Gasteiger partial charge on any atom is 0.303 e. The second kappa shape index (κ2) is 6.89. The Morgan fingerprint density at radius 1 is 1.30 bits per heavy atom. The van der Waals surface area contributed by atoms with E-state index in [1.807, 2.05) is 13.8 Å². The lowest BCUT2D eigenvalue weighted by Gasteiger charge is -2.27. The second-order valence-electron chi connectivity index (χ2n) is 6.29. The molecule has 3 heteroatoms. The van der Waals surface area contributed by atoms with Gasteiger partial charge in [-0.1, -0.05) is 45.9 Å². The summed E-state index contributed by atoms with van der Waals surface area (Å²) < 4.78 is 0. The molecular formula is C17H27NO2. The van der Waals surface area contributed by atoms with Gasteiger partial charge in [-0.3, -0.25) is 4.79 Å². The molecule has 0 saturated heterocycles. The smallest absolute Gasteiger partial charge is 0.303 e. The maximum atomic E-state index is 10.9. The van der Waals surface area contributed by atoms with Crippen molar-refractivity contribution in [2.24, 2.45) is 11.1 Å². The Labute approximate surface area is 122 Å². The summed E-state index contributed by atoms with van der Waals surface area (Å²) in [5.74, 6) is -0.764. The summed E-state index contributed by atoms with van der Waals surface area (Å²) in [5, 5.41) is 8.97. The predicted octanol–water partition coefficient (Wildman–Crippen LogP) is 3.70. The lowest BCUT2D eigenvalue weighted by molar-refractivity contribution is -0.139. The molecule has 3 N–H and O–H groups in total. The first-order valence-corrected chi connectivity index (χ1v) is 7.38. The van der Waals surface area contributed by atoms with Crippen LogP contribution >= 0.6 is 0 Å². The van der Waals surface area contributed by atoms with Gasteiger partial charge in [0.05, 0.1) is 6.42 Å². The van der Waals surface area contributed by atoms with E-state index >= 15 is 0 Å². The van der Waals surface area contributed by atoms with Crippen LogP contribution in [-0.4, -0.2) is 11.1 Å². The van der Waals surface area contributed by atoms with Crippen LogP contribution in [0.15, 0.2) is 18.2 Å². The van der Waals surface area contributed by atoms with E-state index in [0.717, 1.165) is 12.8 Å². The number of aliphatic carboxylic acids is 1. The van der Waals surface area contributed by atoms with Crippen LogP contribution in [0.2, 0.25) is 0 Å². The summed E-state index contributed by atoms with van der Waals surface area (Å²) in [6.07, 6.45) is 2.77. The molecule has 1 rings (SSSR count). The van der Waals surface area contributed by atoms with Gasteiger partial charge in [-0.25, -0.2) is 0 Å². The van der Waals surface area contributed by atoms with E-state index in [-0.39, 0.29) is 17.9 Å². The molecule has 112 valence electrons. The van der Waals surface area contributed by atoms with Gasteiger partial charge < -0.3 is 10.8 Å². The largest absolute Gasteiger partial charge is 0.481 e. The molecule has 0 spiro atoms. The molecule has 3 nitrogen and oxygen atoms in total. The summed E-state index contributed by atoms with van der Waals surface area (Å²) >= 11 is 0. The average Bonchev–Trinajstić information content (AvgIpc) is 2.35. The number of aryl methyl sites for hydroxylation is 2. The minimum absolute atomic E-state index is 0.106. The van der Waals surface area contributed by atoms with Crippen molar-refractivity contribution in [3.63, 3.8) is 0 Å². The van der Waals surface area contributed by atoms with Gasteiger partial charge in [-0.2, -0.15) is 0 Å². The van der Waals surface area contributed by atoms with Crippen LogP contribution in [0, 0.1) is 5.41 Å². The number of nitrogens with two attached hydrogens (primary N) is 1. The molecule has 1 unspecified atom stereocenters. The third-order valence-electron chi connectivity index (χ3n) is 3.80. The fraction of sp³-hybridized carbons (Fsp3) is 0.588. The predicted molar refractivity (Wildman–Crippen MR) is 82.8 cm³/mol. The van der Waals surface area contributed by atoms with E-state index < -0.39 is 5.97 Å². The molecule has 1 atom stereocenters. The van der Waals surface area contributed by atoms with Gasteiger partial charge in [0.25, 0.3) is 0 Å². The number of carboxylic acid groups (broad SMARTS) is 1. The summed E-state index contributed by atoms with van der Waals surface area (Å²) in [5.41, 5.74) is 9.79. The van der Waals surface area contributed by atoms with Crippen molar-refractivity contribution in [3.8, 4) is 0 Å². The first-order chi connectivity index (χ1) is 9.29. The third kappa shape index (κ3) is 4.64. The van der Waals surface area contributed by atoms with Gasteiger partial charge in [0, 0.05) is 6.04 Å². The Hall–Kier alpha value is -1.35. The lowest BCUT2D eigenvalue weighted by Crippen LogP contribution is -2.24. The lowest BCUT2D eigenvalue weighted by atomic mass is 9.80. The molecule has 20 heavy (non-hydrogen) atoms.